The lowest BCUT2D eigenvalue weighted by atomic mass is 9.83. The Kier molecular flexibility index (Phi) is 6.75. The van der Waals surface area contributed by atoms with Gasteiger partial charge in [0.15, 0.2) is 11.0 Å². The molecule has 1 saturated carbocycles. The quantitative estimate of drug-likeness (QED) is 0.545. The first-order valence-corrected chi connectivity index (χ1v) is 10.9. The molecule has 1 atom stereocenters. The number of allylic oxidation sites excluding steroid dienone is 1. The van der Waals surface area contributed by atoms with Crippen molar-refractivity contribution in [2.45, 2.75) is 68.4 Å². The number of nitriles is 1. The van der Waals surface area contributed by atoms with Gasteiger partial charge in [-0.1, -0.05) is 60.9 Å². The van der Waals surface area contributed by atoms with Crippen molar-refractivity contribution in [1.82, 2.24) is 20.1 Å². The van der Waals surface area contributed by atoms with Crippen molar-refractivity contribution in [1.29, 1.82) is 5.26 Å². The number of carbonyl (C=O) groups is 1. The van der Waals surface area contributed by atoms with E-state index in [9.17, 15) is 10.1 Å². The van der Waals surface area contributed by atoms with Crippen LogP contribution in [0.5, 0.6) is 0 Å². The molecule has 1 amide bonds. The summed E-state index contributed by atoms with van der Waals surface area (Å²) in [7, 11) is 0. The molecule has 2 aromatic rings. The van der Waals surface area contributed by atoms with E-state index in [1.165, 1.54) is 11.8 Å². The number of benzene rings is 1. The van der Waals surface area contributed by atoms with Crippen LogP contribution < -0.4 is 5.32 Å². The smallest absolute Gasteiger partial charge is 0.234 e. The maximum absolute atomic E-state index is 12.8. The first-order chi connectivity index (χ1) is 14.0. The summed E-state index contributed by atoms with van der Waals surface area (Å²) < 4.78 is 1.97. The van der Waals surface area contributed by atoms with Crippen LogP contribution in [0.3, 0.4) is 0 Å². The molecule has 0 spiro atoms. The van der Waals surface area contributed by atoms with Crippen molar-refractivity contribution in [2.24, 2.45) is 0 Å². The molecule has 152 valence electrons. The molecule has 7 heteroatoms. The maximum atomic E-state index is 12.8. The van der Waals surface area contributed by atoms with Gasteiger partial charge < -0.3 is 5.32 Å². The molecule has 1 aromatic heterocycles. The normalized spacial score (nSPS) is 16.6. The average Bonchev–Trinajstić information content (AvgIpc) is 3.11. The van der Waals surface area contributed by atoms with Crippen molar-refractivity contribution < 1.29 is 4.79 Å². The molecule has 0 aliphatic heterocycles. The lowest BCUT2D eigenvalue weighted by Crippen LogP contribution is -2.51. The molecule has 29 heavy (non-hydrogen) atoms. The van der Waals surface area contributed by atoms with Crippen LogP contribution in [0.4, 0.5) is 0 Å². The van der Waals surface area contributed by atoms with Crippen molar-refractivity contribution in [3.05, 3.63) is 42.5 Å². The Hall–Kier alpha value is -2.59. The highest BCUT2D eigenvalue weighted by molar-refractivity contribution is 8.00. The van der Waals surface area contributed by atoms with E-state index in [1.54, 1.807) is 6.08 Å². The number of carbonyl (C=O) groups excluding carboxylic acids is 1. The largest absolute Gasteiger partial charge is 0.337 e. The van der Waals surface area contributed by atoms with Gasteiger partial charge in [-0.3, -0.25) is 9.36 Å². The topological polar surface area (TPSA) is 83.6 Å². The lowest BCUT2D eigenvalue weighted by molar-refractivity contribution is -0.121. The van der Waals surface area contributed by atoms with Crippen LogP contribution in [0, 0.1) is 18.3 Å². The maximum Gasteiger partial charge on any atom is 0.234 e. The fourth-order valence-corrected chi connectivity index (χ4v) is 4.49. The fraction of sp³-hybridized carbons (Fsp3) is 0.455. The van der Waals surface area contributed by atoms with E-state index in [4.69, 9.17) is 0 Å². The van der Waals surface area contributed by atoms with Gasteiger partial charge in [-0.15, -0.1) is 16.8 Å². The summed E-state index contributed by atoms with van der Waals surface area (Å²) in [6.07, 6.45) is 6.31. The van der Waals surface area contributed by atoms with Gasteiger partial charge >= 0.3 is 0 Å². The number of hydrogen-bond acceptors (Lipinski definition) is 5. The van der Waals surface area contributed by atoms with Crippen LogP contribution in [0.15, 0.2) is 42.1 Å². The summed E-state index contributed by atoms with van der Waals surface area (Å²) in [4.78, 5) is 12.8. The highest BCUT2D eigenvalue weighted by Gasteiger charge is 2.35. The van der Waals surface area contributed by atoms with Crippen LogP contribution in [-0.4, -0.2) is 31.5 Å². The van der Waals surface area contributed by atoms with E-state index in [-0.39, 0.29) is 11.2 Å². The predicted molar refractivity (Wildman–Crippen MR) is 115 cm³/mol. The number of rotatable bonds is 7. The molecule has 0 radical (unpaired) electrons. The zero-order valence-electron chi connectivity index (χ0n) is 17.0. The molecule has 1 heterocycles. The number of amides is 1. The Morgan fingerprint density at radius 3 is 2.83 bits per heavy atom. The molecule has 1 fully saturated rings. The molecular formula is C22H27N5OS. The number of nitrogens with one attached hydrogen (secondary N) is 1. The molecule has 0 bridgehead atoms. The van der Waals surface area contributed by atoms with E-state index in [2.05, 4.69) is 34.2 Å². The Morgan fingerprint density at radius 2 is 2.17 bits per heavy atom. The zero-order chi connectivity index (χ0) is 20.9. The first-order valence-electron chi connectivity index (χ1n) is 9.99. The predicted octanol–water partition coefficient (Wildman–Crippen LogP) is 4.26. The first kappa shape index (κ1) is 21.1. The van der Waals surface area contributed by atoms with Gasteiger partial charge in [0.25, 0.3) is 0 Å². The summed E-state index contributed by atoms with van der Waals surface area (Å²) in [5, 5.41) is 21.6. The minimum absolute atomic E-state index is 0.135. The number of aryl methyl sites for hydroxylation is 1. The van der Waals surface area contributed by atoms with Crippen LogP contribution in [0.1, 0.15) is 44.6 Å². The van der Waals surface area contributed by atoms with Gasteiger partial charge in [0.1, 0.15) is 5.54 Å². The summed E-state index contributed by atoms with van der Waals surface area (Å²) in [5.41, 5.74) is 1.40. The van der Waals surface area contributed by atoms with Gasteiger partial charge in [-0.25, -0.2) is 0 Å². The third-order valence-electron chi connectivity index (χ3n) is 5.24. The van der Waals surface area contributed by atoms with Crippen molar-refractivity contribution >= 4 is 17.7 Å². The van der Waals surface area contributed by atoms with Crippen LogP contribution in [0.25, 0.3) is 11.4 Å². The molecule has 1 aliphatic rings. The van der Waals surface area contributed by atoms with Gasteiger partial charge in [0.2, 0.25) is 5.91 Å². The van der Waals surface area contributed by atoms with E-state index in [1.807, 2.05) is 36.6 Å². The van der Waals surface area contributed by atoms with Crippen LogP contribution in [0.2, 0.25) is 0 Å². The third kappa shape index (κ3) is 4.88. The van der Waals surface area contributed by atoms with E-state index in [0.717, 1.165) is 49.1 Å². The Labute approximate surface area is 176 Å². The van der Waals surface area contributed by atoms with E-state index in [0.29, 0.717) is 11.7 Å². The minimum atomic E-state index is -0.730. The fourth-order valence-electron chi connectivity index (χ4n) is 3.64. The van der Waals surface area contributed by atoms with Crippen LogP contribution in [-0.2, 0) is 11.3 Å². The summed E-state index contributed by atoms with van der Waals surface area (Å²) in [6, 6.07) is 10.4. The van der Waals surface area contributed by atoms with Crippen LogP contribution >= 0.6 is 11.8 Å². The minimum Gasteiger partial charge on any atom is -0.337 e. The SMILES string of the molecule is C=CCn1c(SC(C)C(=O)NC2(C#N)CCCCC2)nnc1-c1cccc(C)c1. The summed E-state index contributed by atoms with van der Waals surface area (Å²) >= 11 is 1.36. The second kappa shape index (κ2) is 9.27. The standard InChI is InChI=1S/C22H27N5OS/c1-4-13-27-19(18-10-8-9-16(2)14-18)25-26-21(27)29-17(3)20(28)24-22(15-23)11-6-5-7-12-22/h4,8-10,14,17H,1,5-7,11-13H2,2-3H3,(H,24,28). The molecule has 1 aliphatic carbocycles. The monoisotopic (exact) mass is 409 g/mol. The van der Waals surface area contributed by atoms with E-state index >= 15 is 0 Å². The highest BCUT2D eigenvalue weighted by atomic mass is 32.2. The summed E-state index contributed by atoms with van der Waals surface area (Å²) in [6.45, 7) is 8.27. The van der Waals surface area contributed by atoms with Gasteiger partial charge in [0.05, 0.1) is 11.3 Å². The Bertz CT molecular complexity index is 924. The molecule has 1 N–H and O–H groups in total. The molecule has 1 unspecified atom stereocenters. The van der Waals surface area contributed by atoms with E-state index < -0.39 is 5.54 Å². The number of aromatic nitrogens is 3. The second-order valence-corrected chi connectivity index (χ2v) is 8.89. The molecule has 0 saturated heterocycles. The second-order valence-electron chi connectivity index (χ2n) is 7.58. The lowest BCUT2D eigenvalue weighted by Gasteiger charge is -2.32. The van der Waals surface area contributed by atoms with Crippen molar-refractivity contribution in [2.75, 3.05) is 0 Å². The van der Waals surface area contributed by atoms with Gasteiger partial charge in [-0.05, 0) is 32.8 Å². The van der Waals surface area contributed by atoms with Crippen molar-refractivity contribution in [3.8, 4) is 17.5 Å². The van der Waals surface area contributed by atoms with Gasteiger partial charge in [-0.2, -0.15) is 5.26 Å². The number of hydrogen-bond donors (Lipinski definition) is 1. The highest BCUT2D eigenvalue weighted by Crippen LogP contribution is 2.30. The number of nitrogens with zero attached hydrogens (tertiary/aromatic N) is 4. The zero-order valence-corrected chi connectivity index (χ0v) is 17.8. The third-order valence-corrected chi connectivity index (χ3v) is 6.32. The molecule has 6 nitrogen and oxygen atoms in total. The molecular weight excluding hydrogens is 382 g/mol. The Morgan fingerprint density at radius 1 is 1.41 bits per heavy atom. The number of thioether (sulfide) groups is 1. The molecule has 1 aromatic carbocycles. The van der Waals surface area contributed by atoms with Crippen molar-refractivity contribution in [3.63, 3.8) is 0 Å². The summed E-state index contributed by atoms with van der Waals surface area (Å²) in [5.74, 6) is 0.619. The Balaban J connectivity index is 1.77. The average molecular weight is 410 g/mol. The van der Waals surface area contributed by atoms with Gasteiger partial charge in [0, 0.05) is 12.1 Å². The molecule has 3 rings (SSSR count).